The minimum Gasteiger partial charge on any atom is -0.295 e. The first-order valence-electron chi connectivity index (χ1n) is 10.6. The van der Waals surface area contributed by atoms with E-state index in [0.29, 0.717) is 23.5 Å². The van der Waals surface area contributed by atoms with E-state index in [0.717, 1.165) is 49.4 Å². The largest absolute Gasteiger partial charge is 0.295 e. The number of carbonyl (C=O) groups is 1. The molecule has 2 heteroatoms. The van der Waals surface area contributed by atoms with Crippen LogP contribution in [0.2, 0.25) is 0 Å². The highest BCUT2D eigenvalue weighted by molar-refractivity contribution is 5.91. The minimum atomic E-state index is -0.0638. The zero-order chi connectivity index (χ0) is 17.6. The number of rotatable bonds is 1. The average molecular weight is 338 g/mol. The predicted octanol–water partition coefficient (Wildman–Crippen LogP) is 5.15. The Balaban J connectivity index is 1.56. The topological polar surface area (TPSA) is 40.9 Å². The Labute approximate surface area is 152 Å². The van der Waals surface area contributed by atoms with Crippen molar-refractivity contribution in [2.45, 2.75) is 65.7 Å². The van der Waals surface area contributed by atoms with Gasteiger partial charge in [0.2, 0.25) is 0 Å². The smallest absolute Gasteiger partial charge is 0.155 e. The maximum atomic E-state index is 11.9. The van der Waals surface area contributed by atoms with Crippen molar-refractivity contribution >= 4 is 5.78 Å². The highest BCUT2D eigenvalue weighted by Crippen LogP contribution is 2.80. The quantitative estimate of drug-likeness (QED) is 0.664. The molecule has 134 valence electrons. The lowest BCUT2D eigenvalue weighted by molar-refractivity contribution is -0.117. The van der Waals surface area contributed by atoms with E-state index in [4.69, 9.17) is 0 Å². The SMILES string of the molecule is CC[C@]1(C#N)[C@H]2C[C@H]2[C@H]2[C@H]3[C@H](CC[C@@]21C)[C@H]1CCC(=O)C=C1C[C@H]3C. The van der Waals surface area contributed by atoms with Gasteiger partial charge in [-0.3, -0.25) is 4.79 Å². The molecule has 0 spiro atoms. The molecule has 5 aliphatic carbocycles. The molecule has 0 aromatic carbocycles. The average Bonchev–Trinajstić information content (AvgIpc) is 3.33. The van der Waals surface area contributed by atoms with Crippen LogP contribution in [0.1, 0.15) is 65.7 Å². The number of hydrogen-bond donors (Lipinski definition) is 0. The van der Waals surface area contributed by atoms with Gasteiger partial charge in [0, 0.05) is 6.42 Å². The van der Waals surface area contributed by atoms with Crippen LogP contribution >= 0.6 is 0 Å². The first-order valence-corrected chi connectivity index (χ1v) is 10.6. The summed E-state index contributed by atoms with van der Waals surface area (Å²) in [5.74, 6) is 5.50. The summed E-state index contributed by atoms with van der Waals surface area (Å²) in [7, 11) is 0. The van der Waals surface area contributed by atoms with Crippen LogP contribution < -0.4 is 0 Å². The summed E-state index contributed by atoms with van der Waals surface area (Å²) in [5, 5.41) is 10.2. The van der Waals surface area contributed by atoms with Crippen molar-refractivity contribution in [3.63, 3.8) is 0 Å². The van der Waals surface area contributed by atoms with Crippen molar-refractivity contribution in [1.82, 2.24) is 0 Å². The fourth-order valence-electron chi connectivity index (χ4n) is 8.67. The van der Waals surface area contributed by atoms with Crippen LogP contribution in [0.4, 0.5) is 0 Å². The molecule has 0 radical (unpaired) electrons. The van der Waals surface area contributed by atoms with Gasteiger partial charge in [-0.25, -0.2) is 0 Å². The van der Waals surface area contributed by atoms with E-state index in [1.165, 1.54) is 24.8 Å². The minimum absolute atomic E-state index is 0.0638. The maximum Gasteiger partial charge on any atom is 0.155 e. The molecule has 25 heavy (non-hydrogen) atoms. The van der Waals surface area contributed by atoms with Gasteiger partial charge in [-0.15, -0.1) is 0 Å². The first-order chi connectivity index (χ1) is 12.0. The van der Waals surface area contributed by atoms with Gasteiger partial charge in [0.25, 0.3) is 0 Å². The number of nitrogens with zero attached hydrogens (tertiary/aromatic N) is 1. The fourth-order valence-corrected chi connectivity index (χ4v) is 8.67. The van der Waals surface area contributed by atoms with Crippen LogP contribution in [0.15, 0.2) is 11.6 Å². The fraction of sp³-hybridized carbons (Fsp3) is 0.826. The van der Waals surface area contributed by atoms with E-state index >= 15 is 0 Å². The normalized spacial score (nSPS) is 56.0. The van der Waals surface area contributed by atoms with Crippen LogP contribution in [0, 0.1) is 63.6 Å². The summed E-state index contributed by atoms with van der Waals surface area (Å²) in [4.78, 5) is 11.9. The molecule has 0 heterocycles. The van der Waals surface area contributed by atoms with E-state index < -0.39 is 0 Å². The monoisotopic (exact) mass is 337 g/mol. The van der Waals surface area contributed by atoms with Crippen molar-refractivity contribution in [2.75, 3.05) is 0 Å². The van der Waals surface area contributed by atoms with Gasteiger partial charge < -0.3 is 0 Å². The number of fused-ring (bicyclic) bond motifs is 7. The molecule has 0 aromatic rings. The Morgan fingerprint density at radius 1 is 1.32 bits per heavy atom. The molecule has 9 atom stereocenters. The molecule has 5 aliphatic rings. The third-order valence-corrected chi connectivity index (χ3v) is 9.61. The van der Waals surface area contributed by atoms with Gasteiger partial charge in [0.05, 0.1) is 11.5 Å². The highest BCUT2D eigenvalue weighted by Gasteiger charge is 2.76. The van der Waals surface area contributed by atoms with Crippen molar-refractivity contribution in [2.24, 2.45) is 52.3 Å². The summed E-state index contributed by atoms with van der Waals surface area (Å²) in [6, 6.07) is 2.87. The molecule has 0 amide bonds. The van der Waals surface area contributed by atoms with Crippen LogP contribution in [0.3, 0.4) is 0 Å². The molecular formula is C23H31NO. The van der Waals surface area contributed by atoms with Gasteiger partial charge >= 0.3 is 0 Å². The van der Waals surface area contributed by atoms with Gasteiger partial charge in [-0.1, -0.05) is 26.3 Å². The Morgan fingerprint density at radius 3 is 2.84 bits per heavy atom. The van der Waals surface area contributed by atoms with Crippen molar-refractivity contribution in [3.05, 3.63) is 11.6 Å². The van der Waals surface area contributed by atoms with Gasteiger partial charge in [-0.2, -0.15) is 5.26 Å². The highest BCUT2D eigenvalue weighted by atomic mass is 16.1. The van der Waals surface area contributed by atoms with E-state index in [2.05, 4.69) is 26.8 Å². The molecular weight excluding hydrogens is 306 g/mol. The summed E-state index contributed by atoms with van der Waals surface area (Å²) >= 11 is 0. The number of allylic oxidation sites excluding steroid dienone is 1. The van der Waals surface area contributed by atoms with Crippen LogP contribution in [0.5, 0.6) is 0 Å². The number of ketones is 1. The van der Waals surface area contributed by atoms with E-state index in [1.807, 2.05) is 6.08 Å². The summed E-state index contributed by atoms with van der Waals surface area (Å²) in [5.41, 5.74) is 1.64. The van der Waals surface area contributed by atoms with Crippen molar-refractivity contribution in [3.8, 4) is 6.07 Å². The molecule has 5 rings (SSSR count). The lowest BCUT2D eigenvalue weighted by atomic mass is 9.45. The molecule has 0 N–H and O–H groups in total. The Bertz CT molecular complexity index is 701. The van der Waals surface area contributed by atoms with Crippen molar-refractivity contribution < 1.29 is 4.79 Å². The first kappa shape index (κ1) is 16.1. The van der Waals surface area contributed by atoms with Gasteiger partial charge in [0.15, 0.2) is 5.78 Å². The standard InChI is InChI=1S/C23H31NO/c1-4-23(12-24)19-11-18(19)21-20-13(2)9-14-10-15(25)5-6-16(14)17(20)7-8-22(21,23)3/h10,13,16-21H,4-9,11H2,1-3H3/t13-,16+,17-,18-,19+,20-,21+,22+,23+/m1/s1. The van der Waals surface area contributed by atoms with E-state index in [9.17, 15) is 10.1 Å². The molecule has 2 nitrogen and oxygen atoms in total. The Morgan fingerprint density at radius 2 is 2.12 bits per heavy atom. The second-order valence-corrected chi connectivity index (χ2v) is 10.2. The maximum absolute atomic E-state index is 11.9. The molecule has 4 fully saturated rings. The van der Waals surface area contributed by atoms with Crippen LogP contribution in [-0.4, -0.2) is 5.78 Å². The third kappa shape index (κ3) is 1.78. The molecule has 0 bridgehead atoms. The van der Waals surface area contributed by atoms with E-state index in [-0.39, 0.29) is 10.8 Å². The lowest BCUT2D eigenvalue weighted by Crippen LogP contribution is -2.53. The number of nitriles is 1. The van der Waals surface area contributed by atoms with Gasteiger partial charge in [-0.05, 0) is 91.4 Å². The Kier molecular flexibility index (Phi) is 3.22. The molecule has 4 saturated carbocycles. The molecule has 0 aromatic heterocycles. The summed E-state index contributed by atoms with van der Waals surface area (Å²) in [6.45, 7) is 7.18. The third-order valence-electron chi connectivity index (χ3n) is 9.61. The van der Waals surface area contributed by atoms with Crippen LogP contribution in [-0.2, 0) is 4.79 Å². The summed E-state index contributed by atoms with van der Waals surface area (Å²) in [6.07, 6.45) is 9.85. The zero-order valence-corrected chi connectivity index (χ0v) is 15.9. The van der Waals surface area contributed by atoms with Gasteiger partial charge in [0.1, 0.15) is 0 Å². The molecule has 0 unspecified atom stereocenters. The van der Waals surface area contributed by atoms with Crippen molar-refractivity contribution in [1.29, 1.82) is 5.26 Å². The second kappa shape index (κ2) is 4.99. The lowest BCUT2D eigenvalue weighted by Gasteiger charge is -2.58. The summed E-state index contributed by atoms with van der Waals surface area (Å²) < 4.78 is 0. The Hall–Kier alpha value is -1.10. The molecule has 0 saturated heterocycles. The second-order valence-electron chi connectivity index (χ2n) is 10.2. The van der Waals surface area contributed by atoms with E-state index in [1.54, 1.807) is 0 Å². The molecule has 0 aliphatic heterocycles. The van der Waals surface area contributed by atoms with Crippen LogP contribution in [0.25, 0.3) is 0 Å². The zero-order valence-electron chi connectivity index (χ0n) is 15.9. The number of carbonyl (C=O) groups excluding carboxylic acids is 1. The number of hydrogen-bond acceptors (Lipinski definition) is 2. The predicted molar refractivity (Wildman–Crippen MR) is 97.3 cm³/mol.